The molecule has 0 saturated carbocycles. The maximum absolute atomic E-state index is 13.3. The van der Waals surface area contributed by atoms with Gasteiger partial charge in [-0.1, -0.05) is 12.1 Å². The molecule has 0 unspecified atom stereocenters. The molecule has 0 fully saturated rings. The first kappa shape index (κ1) is 17.2. The normalized spacial score (nSPS) is 11.1. The van der Waals surface area contributed by atoms with Crippen LogP contribution in [0.15, 0.2) is 36.4 Å². The Balaban J connectivity index is 2.45. The van der Waals surface area contributed by atoms with Gasteiger partial charge in [0.05, 0.1) is 25.4 Å². The Morgan fingerprint density at radius 1 is 1.27 bits per heavy atom. The number of nitrogens with zero attached hydrogens (tertiary/aromatic N) is 1. The number of nitriles is 1. The zero-order valence-electron chi connectivity index (χ0n) is 11.7. The number of rotatable bonds is 4. The predicted molar refractivity (Wildman–Crippen MR) is 103 cm³/mol. The van der Waals surface area contributed by atoms with Crippen LogP contribution in [0.2, 0.25) is 0 Å². The molecule has 22 heavy (non-hydrogen) atoms. The molecule has 0 atom stereocenters. The van der Waals surface area contributed by atoms with Gasteiger partial charge in [0.2, 0.25) is 0 Å². The average molecular weight is 519 g/mol. The largest absolute Gasteiger partial charge is 0.492 e. The predicted octanol–water partition coefficient (Wildman–Crippen LogP) is 5.50. The Morgan fingerprint density at radius 2 is 1.95 bits per heavy atom. The van der Waals surface area contributed by atoms with E-state index in [9.17, 15) is 9.65 Å². The van der Waals surface area contributed by atoms with Gasteiger partial charge in [-0.2, -0.15) is 5.26 Å². The van der Waals surface area contributed by atoms with E-state index in [1.54, 1.807) is 18.2 Å². The van der Waals surface area contributed by atoms with Crippen LogP contribution in [0.5, 0.6) is 5.75 Å². The van der Waals surface area contributed by atoms with Gasteiger partial charge in [0.25, 0.3) is 0 Å². The zero-order chi connectivity index (χ0) is 16.1. The quantitative estimate of drug-likeness (QED) is 0.304. The van der Waals surface area contributed by atoms with E-state index in [1.165, 1.54) is 12.1 Å². The average Bonchev–Trinajstić information content (AvgIpc) is 2.48. The van der Waals surface area contributed by atoms with Crippen molar-refractivity contribution < 1.29 is 9.13 Å². The topological polar surface area (TPSA) is 33.0 Å². The summed E-state index contributed by atoms with van der Waals surface area (Å²) in [5.41, 5.74) is 1.88. The minimum absolute atomic E-state index is 0.352. The summed E-state index contributed by atoms with van der Waals surface area (Å²) in [5.74, 6) is 0.500. The van der Waals surface area contributed by atoms with Crippen molar-refractivity contribution in [3.63, 3.8) is 0 Å². The second kappa shape index (κ2) is 7.92. The van der Waals surface area contributed by atoms with Gasteiger partial charge >= 0.3 is 0 Å². The first-order chi connectivity index (χ1) is 10.5. The summed E-state index contributed by atoms with van der Waals surface area (Å²) in [6.45, 7) is 2.55. The third-order valence-electron chi connectivity index (χ3n) is 2.88. The Bertz CT molecular complexity index is 742. The monoisotopic (exact) mass is 519 g/mol. The molecule has 0 radical (unpaired) electrons. The lowest BCUT2D eigenvalue weighted by Crippen LogP contribution is -1.97. The minimum atomic E-state index is -0.352. The highest BCUT2D eigenvalue weighted by molar-refractivity contribution is 14.1. The maximum Gasteiger partial charge on any atom is 0.145 e. The van der Waals surface area contributed by atoms with Gasteiger partial charge in [0.1, 0.15) is 11.6 Å². The van der Waals surface area contributed by atoms with Crippen molar-refractivity contribution in [1.29, 1.82) is 5.26 Å². The Kier molecular flexibility index (Phi) is 6.20. The molecule has 0 aliphatic carbocycles. The summed E-state index contributed by atoms with van der Waals surface area (Å²) < 4.78 is 20.9. The SMILES string of the molecule is CCOc1c(I)cc(/C=C(/C#N)c2cccc(F)c2)cc1I. The van der Waals surface area contributed by atoms with Gasteiger partial charge in [-0.15, -0.1) is 0 Å². The van der Waals surface area contributed by atoms with Crippen molar-refractivity contribution in [2.75, 3.05) is 6.61 Å². The van der Waals surface area contributed by atoms with Crippen LogP contribution >= 0.6 is 45.2 Å². The molecule has 0 aromatic heterocycles. The molecule has 0 saturated heterocycles. The molecular formula is C17H12FI2NO. The van der Waals surface area contributed by atoms with Crippen LogP contribution in [0.25, 0.3) is 11.6 Å². The highest BCUT2D eigenvalue weighted by Gasteiger charge is 2.09. The lowest BCUT2D eigenvalue weighted by Gasteiger charge is -2.10. The lowest BCUT2D eigenvalue weighted by molar-refractivity contribution is 0.335. The first-order valence-electron chi connectivity index (χ1n) is 6.54. The Morgan fingerprint density at radius 3 is 2.50 bits per heavy atom. The fourth-order valence-corrected chi connectivity index (χ4v) is 4.08. The van der Waals surface area contributed by atoms with E-state index in [1.807, 2.05) is 19.1 Å². The highest BCUT2D eigenvalue weighted by Crippen LogP contribution is 2.30. The Hall–Kier alpha value is -1.14. The van der Waals surface area contributed by atoms with E-state index in [0.717, 1.165) is 18.5 Å². The molecule has 2 rings (SSSR count). The van der Waals surface area contributed by atoms with Gasteiger partial charge in [-0.3, -0.25) is 0 Å². The summed E-state index contributed by atoms with van der Waals surface area (Å²) in [4.78, 5) is 0. The first-order valence-corrected chi connectivity index (χ1v) is 8.70. The van der Waals surface area contributed by atoms with E-state index in [4.69, 9.17) is 4.74 Å². The van der Waals surface area contributed by atoms with E-state index >= 15 is 0 Å². The molecule has 0 spiro atoms. The summed E-state index contributed by atoms with van der Waals surface area (Å²) in [6.07, 6.45) is 1.76. The lowest BCUT2D eigenvalue weighted by atomic mass is 10.0. The summed E-state index contributed by atoms with van der Waals surface area (Å²) >= 11 is 4.42. The molecule has 2 aromatic carbocycles. The summed E-state index contributed by atoms with van der Waals surface area (Å²) in [7, 11) is 0. The van der Waals surface area contributed by atoms with Crippen LogP contribution in [-0.2, 0) is 0 Å². The third kappa shape index (κ3) is 4.20. The van der Waals surface area contributed by atoms with Crippen molar-refractivity contribution in [3.05, 3.63) is 60.5 Å². The van der Waals surface area contributed by atoms with E-state index in [0.29, 0.717) is 17.7 Å². The van der Waals surface area contributed by atoms with E-state index < -0.39 is 0 Å². The summed E-state index contributed by atoms with van der Waals surface area (Å²) in [5, 5.41) is 9.34. The molecule has 0 bridgehead atoms. The standard InChI is InChI=1S/C17H12FI2NO/c1-2-22-17-15(19)7-11(8-16(17)20)6-13(10-21)12-4-3-5-14(18)9-12/h3-9H,2H2,1H3/b13-6-. The molecule has 2 aromatic rings. The van der Waals surface area contributed by atoms with Crippen molar-refractivity contribution >= 4 is 56.8 Å². The molecule has 0 N–H and O–H groups in total. The number of halogens is 3. The Labute approximate surface area is 156 Å². The van der Waals surface area contributed by atoms with Gasteiger partial charge in [0.15, 0.2) is 0 Å². The molecule has 0 amide bonds. The van der Waals surface area contributed by atoms with Crippen LogP contribution in [0.3, 0.4) is 0 Å². The van der Waals surface area contributed by atoms with Crippen molar-refractivity contribution in [3.8, 4) is 11.8 Å². The van der Waals surface area contributed by atoms with Gasteiger partial charge in [-0.05, 0) is 93.6 Å². The fraction of sp³-hybridized carbons (Fsp3) is 0.118. The van der Waals surface area contributed by atoms with E-state index in [2.05, 4.69) is 51.3 Å². The second-order valence-corrected chi connectivity index (χ2v) is 6.75. The highest BCUT2D eigenvalue weighted by atomic mass is 127. The number of hydrogen-bond acceptors (Lipinski definition) is 2. The number of benzene rings is 2. The van der Waals surface area contributed by atoms with Gasteiger partial charge in [0, 0.05) is 0 Å². The fourth-order valence-electron chi connectivity index (χ4n) is 1.95. The third-order valence-corrected chi connectivity index (χ3v) is 4.48. The molecule has 0 aliphatic rings. The molecule has 5 heteroatoms. The van der Waals surface area contributed by atoms with Gasteiger partial charge < -0.3 is 4.74 Å². The van der Waals surface area contributed by atoms with Crippen LogP contribution in [0.1, 0.15) is 18.1 Å². The van der Waals surface area contributed by atoms with Crippen LogP contribution in [0, 0.1) is 24.3 Å². The molecular weight excluding hydrogens is 507 g/mol. The van der Waals surface area contributed by atoms with E-state index in [-0.39, 0.29) is 5.82 Å². The summed E-state index contributed by atoms with van der Waals surface area (Å²) in [6, 6.07) is 12.1. The number of ether oxygens (including phenoxy) is 1. The van der Waals surface area contributed by atoms with Gasteiger partial charge in [-0.25, -0.2) is 4.39 Å². The maximum atomic E-state index is 13.3. The molecule has 112 valence electrons. The van der Waals surface area contributed by atoms with Crippen LogP contribution in [-0.4, -0.2) is 6.61 Å². The molecule has 2 nitrogen and oxygen atoms in total. The second-order valence-electron chi connectivity index (χ2n) is 4.43. The van der Waals surface area contributed by atoms with Crippen LogP contribution < -0.4 is 4.74 Å². The number of allylic oxidation sites excluding steroid dienone is 1. The molecule has 0 aliphatic heterocycles. The van der Waals surface area contributed by atoms with Crippen molar-refractivity contribution in [2.24, 2.45) is 0 Å². The van der Waals surface area contributed by atoms with Crippen LogP contribution in [0.4, 0.5) is 4.39 Å². The zero-order valence-corrected chi connectivity index (χ0v) is 16.1. The smallest absolute Gasteiger partial charge is 0.145 e. The van der Waals surface area contributed by atoms with Crippen molar-refractivity contribution in [1.82, 2.24) is 0 Å². The molecule has 0 heterocycles. The minimum Gasteiger partial charge on any atom is -0.492 e. The number of hydrogen-bond donors (Lipinski definition) is 0. The van der Waals surface area contributed by atoms with Crippen molar-refractivity contribution in [2.45, 2.75) is 6.92 Å².